The fourth-order valence-electron chi connectivity index (χ4n) is 3.38. The quantitative estimate of drug-likeness (QED) is 0.279. The number of rotatable bonds is 4. The van der Waals surface area contributed by atoms with Crippen molar-refractivity contribution >= 4 is 57.3 Å². The number of aromatic amines is 1. The van der Waals surface area contributed by atoms with E-state index in [2.05, 4.69) is 26.3 Å². The van der Waals surface area contributed by atoms with Gasteiger partial charge in [-0.05, 0) is 48.5 Å². The Bertz CT molecular complexity index is 1410. The number of nitrogens with zero attached hydrogens (tertiary/aromatic N) is 5. The molecule has 1 amide bonds. The first-order valence-electron chi connectivity index (χ1n) is 9.95. The van der Waals surface area contributed by atoms with Gasteiger partial charge in [-0.15, -0.1) is 0 Å². The predicted molar refractivity (Wildman–Crippen MR) is 130 cm³/mol. The maximum Gasteiger partial charge on any atom is 0.269 e. The number of allylic oxidation sites excluding steroid dienone is 1. The van der Waals surface area contributed by atoms with E-state index in [0.29, 0.717) is 27.3 Å². The van der Waals surface area contributed by atoms with Crippen LogP contribution in [0.5, 0.6) is 0 Å². The van der Waals surface area contributed by atoms with Crippen molar-refractivity contribution in [2.45, 2.75) is 5.37 Å². The molecule has 7 nitrogen and oxygen atoms in total. The first-order valence-corrected chi connectivity index (χ1v) is 11.2. The molecule has 33 heavy (non-hydrogen) atoms. The van der Waals surface area contributed by atoms with Gasteiger partial charge >= 0.3 is 0 Å². The number of carbonyl (C=O) groups excluding carboxylic acids is 1. The van der Waals surface area contributed by atoms with Gasteiger partial charge in [0, 0.05) is 10.7 Å². The van der Waals surface area contributed by atoms with E-state index in [9.17, 15) is 10.1 Å². The maximum atomic E-state index is 13.4. The van der Waals surface area contributed by atoms with Crippen molar-refractivity contribution in [3.8, 4) is 6.07 Å². The molecule has 4 aromatic rings. The summed E-state index contributed by atoms with van der Waals surface area (Å²) in [4.78, 5) is 22.6. The van der Waals surface area contributed by atoms with Gasteiger partial charge in [0.05, 0.1) is 16.7 Å². The van der Waals surface area contributed by atoms with Gasteiger partial charge in [-0.2, -0.15) is 15.5 Å². The van der Waals surface area contributed by atoms with Gasteiger partial charge in [0.25, 0.3) is 5.91 Å². The van der Waals surface area contributed by atoms with Crippen LogP contribution in [0.1, 0.15) is 5.82 Å². The standard InChI is InChI=1S/C24H15ClN6OS/c25-15-10-12-16(13-11-15)29-30-22-23(32)31(17-6-2-1-3-7-17)24(33-22)18(14-26)21-27-19-8-4-5-9-20(19)28-21/h1-13,22H,(H,27,28)/b24-18+,30-29?. The lowest BCUT2D eigenvalue weighted by Gasteiger charge is -2.17. The zero-order valence-corrected chi connectivity index (χ0v) is 18.6. The largest absolute Gasteiger partial charge is 0.337 e. The van der Waals surface area contributed by atoms with E-state index in [1.165, 1.54) is 16.7 Å². The van der Waals surface area contributed by atoms with Gasteiger partial charge in [0.1, 0.15) is 16.7 Å². The van der Waals surface area contributed by atoms with E-state index in [1.54, 1.807) is 24.3 Å². The Morgan fingerprint density at radius 2 is 1.79 bits per heavy atom. The number of hydrogen-bond acceptors (Lipinski definition) is 6. The summed E-state index contributed by atoms with van der Waals surface area (Å²) in [7, 11) is 0. The number of carbonyl (C=O) groups is 1. The van der Waals surface area contributed by atoms with Crippen molar-refractivity contribution < 1.29 is 4.79 Å². The van der Waals surface area contributed by atoms with Gasteiger partial charge < -0.3 is 4.98 Å². The van der Waals surface area contributed by atoms with E-state index in [1.807, 2.05) is 54.6 Å². The number of H-pyrrole nitrogens is 1. The van der Waals surface area contributed by atoms with E-state index >= 15 is 0 Å². The minimum absolute atomic E-state index is 0.262. The zero-order valence-electron chi connectivity index (χ0n) is 17.0. The molecule has 5 rings (SSSR count). The lowest BCUT2D eigenvalue weighted by Crippen LogP contribution is -2.28. The molecular weight excluding hydrogens is 456 g/mol. The van der Waals surface area contributed by atoms with E-state index in [-0.39, 0.29) is 11.5 Å². The van der Waals surface area contributed by atoms with Crippen LogP contribution < -0.4 is 4.90 Å². The molecule has 2 heterocycles. The number of halogens is 1. The number of thioether (sulfide) groups is 1. The molecule has 1 aliphatic heterocycles. The normalized spacial score (nSPS) is 17.6. The SMILES string of the molecule is N#C/C(=C1\SC(N=Nc2ccc(Cl)cc2)C(=O)N1c1ccccc1)c1nc2ccccc2[nH]1. The Balaban J connectivity index is 1.59. The van der Waals surface area contributed by atoms with Crippen molar-refractivity contribution in [1.82, 2.24) is 9.97 Å². The number of imidazole rings is 1. The van der Waals surface area contributed by atoms with Crippen molar-refractivity contribution in [2.24, 2.45) is 10.2 Å². The molecule has 0 spiro atoms. The highest BCUT2D eigenvalue weighted by Gasteiger charge is 2.40. The van der Waals surface area contributed by atoms with Crippen LogP contribution in [-0.4, -0.2) is 21.2 Å². The smallest absolute Gasteiger partial charge is 0.269 e. The molecule has 0 aliphatic carbocycles. The molecule has 0 radical (unpaired) electrons. The average molecular weight is 471 g/mol. The number of aromatic nitrogens is 2. The average Bonchev–Trinajstić information content (AvgIpc) is 3.41. The first kappa shape index (κ1) is 20.9. The number of anilines is 1. The van der Waals surface area contributed by atoms with Crippen LogP contribution in [0.25, 0.3) is 16.6 Å². The number of hydrogen-bond donors (Lipinski definition) is 1. The van der Waals surface area contributed by atoms with Gasteiger partial charge in [-0.25, -0.2) is 4.98 Å². The van der Waals surface area contributed by atoms with Crippen LogP contribution >= 0.6 is 23.4 Å². The Kier molecular flexibility index (Phi) is 5.65. The Labute approximate surface area is 198 Å². The molecule has 1 atom stereocenters. The minimum atomic E-state index is -0.844. The second-order valence-electron chi connectivity index (χ2n) is 7.07. The maximum absolute atomic E-state index is 13.4. The van der Waals surface area contributed by atoms with E-state index < -0.39 is 5.37 Å². The Hall–Kier alpha value is -3.93. The topological polar surface area (TPSA) is 97.5 Å². The summed E-state index contributed by atoms with van der Waals surface area (Å²) in [5.74, 6) is 0.105. The van der Waals surface area contributed by atoms with Crippen LogP contribution in [-0.2, 0) is 4.79 Å². The number of benzene rings is 3. The molecule has 1 fully saturated rings. The van der Waals surface area contributed by atoms with Gasteiger partial charge in [-0.3, -0.25) is 9.69 Å². The summed E-state index contributed by atoms with van der Waals surface area (Å²) in [6, 6.07) is 25.7. The highest BCUT2D eigenvalue weighted by atomic mass is 35.5. The monoisotopic (exact) mass is 470 g/mol. The van der Waals surface area contributed by atoms with Crippen LogP contribution in [0.4, 0.5) is 11.4 Å². The fourth-order valence-corrected chi connectivity index (χ4v) is 4.58. The summed E-state index contributed by atoms with van der Waals surface area (Å²) in [5.41, 5.74) is 3.02. The van der Waals surface area contributed by atoms with E-state index in [0.717, 1.165) is 11.0 Å². The van der Waals surface area contributed by atoms with Crippen molar-refractivity contribution in [3.05, 3.63) is 94.7 Å². The first-order chi connectivity index (χ1) is 16.1. The Morgan fingerprint density at radius 3 is 2.52 bits per heavy atom. The van der Waals surface area contributed by atoms with Crippen LogP contribution in [0.2, 0.25) is 5.02 Å². The van der Waals surface area contributed by atoms with Crippen molar-refractivity contribution in [2.75, 3.05) is 4.90 Å². The summed E-state index contributed by atoms with van der Waals surface area (Å²) in [5, 5.41) is 18.7. The molecule has 160 valence electrons. The number of para-hydroxylation sites is 3. The molecule has 1 aliphatic rings. The van der Waals surface area contributed by atoms with Gasteiger partial charge in [-0.1, -0.05) is 53.7 Å². The van der Waals surface area contributed by atoms with Crippen molar-refractivity contribution in [1.29, 1.82) is 5.26 Å². The van der Waals surface area contributed by atoms with Crippen LogP contribution in [0, 0.1) is 11.3 Å². The lowest BCUT2D eigenvalue weighted by molar-refractivity contribution is -0.117. The molecule has 9 heteroatoms. The molecule has 1 N–H and O–H groups in total. The third-order valence-electron chi connectivity index (χ3n) is 4.93. The lowest BCUT2D eigenvalue weighted by atomic mass is 10.2. The highest BCUT2D eigenvalue weighted by molar-refractivity contribution is 8.05. The zero-order chi connectivity index (χ0) is 22.8. The number of nitriles is 1. The summed E-state index contributed by atoms with van der Waals surface area (Å²) in [6.07, 6.45) is 0. The molecule has 0 bridgehead atoms. The van der Waals surface area contributed by atoms with Gasteiger partial charge in [0.2, 0.25) is 5.37 Å². The second kappa shape index (κ2) is 8.90. The third kappa shape index (κ3) is 4.12. The summed E-state index contributed by atoms with van der Waals surface area (Å²) in [6.45, 7) is 0. The number of nitrogens with one attached hydrogen (secondary N) is 1. The summed E-state index contributed by atoms with van der Waals surface area (Å²) < 4.78 is 0. The van der Waals surface area contributed by atoms with Gasteiger partial charge in [0.15, 0.2) is 5.82 Å². The summed E-state index contributed by atoms with van der Waals surface area (Å²) >= 11 is 7.09. The molecular formula is C24H15ClN6OS. The highest BCUT2D eigenvalue weighted by Crippen LogP contribution is 2.43. The number of azo groups is 1. The van der Waals surface area contributed by atoms with Crippen molar-refractivity contribution in [3.63, 3.8) is 0 Å². The molecule has 1 aromatic heterocycles. The molecule has 3 aromatic carbocycles. The molecule has 1 unspecified atom stereocenters. The van der Waals surface area contributed by atoms with Crippen LogP contribution in [0.3, 0.4) is 0 Å². The number of fused-ring (bicyclic) bond motifs is 1. The molecule has 1 saturated heterocycles. The predicted octanol–water partition coefficient (Wildman–Crippen LogP) is 6.30. The van der Waals surface area contributed by atoms with E-state index in [4.69, 9.17) is 11.6 Å². The number of amides is 1. The van der Waals surface area contributed by atoms with Crippen LogP contribution in [0.15, 0.2) is 94.1 Å². The Morgan fingerprint density at radius 1 is 1.06 bits per heavy atom. The minimum Gasteiger partial charge on any atom is -0.337 e. The molecule has 0 saturated carbocycles. The fraction of sp³-hybridized carbons (Fsp3) is 0.0417. The third-order valence-corrected chi connectivity index (χ3v) is 6.31. The second-order valence-corrected chi connectivity index (χ2v) is 8.57.